The molecule has 0 aromatic heterocycles. The lowest BCUT2D eigenvalue weighted by Crippen LogP contribution is -2.39. The highest BCUT2D eigenvalue weighted by Gasteiger charge is 2.24. The molecule has 1 fully saturated rings. The van der Waals surface area contributed by atoms with Crippen molar-refractivity contribution in [1.82, 2.24) is 5.32 Å². The first-order valence-electron chi connectivity index (χ1n) is 7.49. The van der Waals surface area contributed by atoms with E-state index in [2.05, 4.69) is 44.3 Å². The van der Waals surface area contributed by atoms with Gasteiger partial charge in [0.2, 0.25) is 0 Å². The van der Waals surface area contributed by atoms with Crippen LogP contribution in [-0.4, -0.2) is 12.6 Å². The Balaban J connectivity index is 2.05. The molecule has 1 nitrogen and oxygen atoms in total. The molecule has 0 heterocycles. The van der Waals surface area contributed by atoms with Gasteiger partial charge in [-0.15, -0.1) is 0 Å². The fourth-order valence-electron chi connectivity index (χ4n) is 3.47. The quantitative estimate of drug-likeness (QED) is 0.845. The van der Waals surface area contributed by atoms with Crippen LogP contribution in [-0.2, 0) is 6.42 Å². The van der Waals surface area contributed by atoms with Gasteiger partial charge < -0.3 is 5.32 Å². The molecular formula is C17H27N. The number of hydrogen-bond acceptors (Lipinski definition) is 1. The van der Waals surface area contributed by atoms with Crippen LogP contribution in [0, 0.1) is 19.8 Å². The summed E-state index contributed by atoms with van der Waals surface area (Å²) in [6.07, 6.45) is 6.83. The predicted octanol–water partition coefficient (Wildman–Crippen LogP) is 4.01. The van der Waals surface area contributed by atoms with E-state index in [1.807, 2.05) is 0 Å². The van der Waals surface area contributed by atoms with Gasteiger partial charge in [-0.05, 0) is 51.1 Å². The second-order valence-electron chi connectivity index (χ2n) is 5.91. The van der Waals surface area contributed by atoms with Crippen molar-refractivity contribution in [1.29, 1.82) is 0 Å². The fourth-order valence-corrected chi connectivity index (χ4v) is 3.47. The lowest BCUT2D eigenvalue weighted by molar-refractivity contribution is 0.264. The van der Waals surface area contributed by atoms with Gasteiger partial charge in [-0.25, -0.2) is 0 Å². The zero-order chi connectivity index (χ0) is 13.0. The third-order valence-electron chi connectivity index (χ3n) is 4.15. The van der Waals surface area contributed by atoms with E-state index in [1.165, 1.54) is 48.8 Å². The topological polar surface area (TPSA) is 12.0 Å². The molecule has 0 saturated heterocycles. The molecule has 1 aliphatic rings. The highest BCUT2D eigenvalue weighted by Crippen LogP contribution is 2.28. The Morgan fingerprint density at radius 2 is 1.72 bits per heavy atom. The number of aryl methyl sites for hydroxylation is 2. The van der Waals surface area contributed by atoms with Crippen molar-refractivity contribution in [2.24, 2.45) is 5.92 Å². The number of rotatable bonds is 4. The Bertz CT molecular complexity index is 361. The summed E-state index contributed by atoms with van der Waals surface area (Å²) in [6.45, 7) is 7.74. The minimum absolute atomic E-state index is 0.740. The van der Waals surface area contributed by atoms with Crippen LogP contribution in [0.15, 0.2) is 18.2 Å². The van der Waals surface area contributed by atoms with E-state index in [-0.39, 0.29) is 0 Å². The lowest BCUT2D eigenvalue weighted by atomic mass is 9.80. The molecule has 2 rings (SSSR count). The van der Waals surface area contributed by atoms with Crippen molar-refractivity contribution in [3.8, 4) is 0 Å². The number of benzene rings is 1. The zero-order valence-corrected chi connectivity index (χ0v) is 12.1. The Kier molecular flexibility index (Phi) is 4.82. The Hall–Kier alpha value is -0.820. The van der Waals surface area contributed by atoms with Crippen molar-refractivity contribution < 1.29 is 0 Å². The van der Waals surface area contributed by atoms with Crippen LogP contribution in [0.25, 0.3) is 0 Å². The minimum atomic E-state index is 0.740. The van der Waals surface area contributed by atoms with Crippen LogP contribution < -0.4 is 5.32 Å². The lowest BCUT2D eigenvalue weighted by Gasteiger charge is -2.32. The largest absolute Gasteiger partial charge is 0.314 e. The van der Waals surface area contributed by atoms with Crippen molar-refractivity contribution in [3.05, 3.63) is 34.9 Å². The van der Waals surface area contributed by atoms with Gasteiger partial charge in [-0.1, -0.05) is 49.1 Å². The number of nitrogens with one attached hydrogen (secondary N) is 1. The van der Waals surface area contributed by atoms with Crippen LogP contribution in [0.2, 0.25) is 0 Å². The fraction of sp³-hybridized carbons (Fsp3) is 0.647. The Morgan fingerprint density at radius 3 is 2.39 bits per heavy atom. The molecule has 0 spiro atoms. The van der Waals surface area contributed by atoms with E-state index in [4.69, 9.17) is 0 Å². The van der Waals surface area contributed by atoms with Crippen molar-refractivity contribution in [2.45, 2.75) is 58.9 Å². The van der Waals surface area contributed by atoms with E-state index in [1.54, 1.807) is 0 Å². The van der Waals surface area contributed by atoms with Gasteiger partial charge in [0.05, 0.1) is 0 Å². The maximum absolute atomic E-state index is 3.68. The van der Waals surface area contributed by atoms with Gasteiger partial charge in [0.15, 0.2) is 0 Å². The van der Waals surface area contributed by atoms with Gasteiger partial charge in [0.1, 0.15) is 0 Å². The van der Waals surface area contributed by atoms with E-state index >= 15 is 0 Å². The number of hydrogen-bond donors (Lipinski definition) is 1. The molecule has 18 heavy (non-hydrogen) atoms. The molecule has 0 amide bonds. The predicted molar refractivity (Wildman–Crippen MR) is 79.0 cm³/mol. The normalized spacial score (nSPS) is 24.2. The first-order chi connectivity index (χ1) is 8.69. The zero-order valence-electron chi connectivity index (χ0n) is 12.1. The van der Waals surface area contributed by atoms with Crippen LogP contribution >= 0.6 is 0 Å². The van der Waals surface area contributed by atoms with Gasteiger partial charge in [-0.3, -0.25) is 0 Å². The molecule has 1 saturated carbocycles. The molecule has 1 aromatic carbocycles. The molecule has 0 aliphatic heterocycles. The summed E-state index contributed by atoms with van der Waals surface area (Å²) < 4.78 is 0. The highest BCUT2D eigenvalue weighted by molar-refractivity contribution is 5.29. The summed E-state index contributed by atoms with van der Waals surface area (Å²) in [5.41, 5.74) is 4.34. The molecule has 0 bridgehead atoms. The van der Waals surface area contributed by atoms with Crippen molar-refractivity contribution in [3.63, 3.8) is 0 Å². The molecule has 0 radical (unpaired) electrons. The summed E-state index contributed by atoms with van der Waals surface area (Å²) in [5, 5.41) is 3.68. The summed E-state index contributed by atoms with van der Waals surface area (Å²) in [4.78, 5) is 0. The average molecular weight is 245 g/mol. The molecule has 1 N–H and O–H groups in total. The van der Waals surface area contributed by atoms with Crippen LogP contribution in [0.3, 0.4) is 0 Å². The van der Waals surface area contributed by atoms with Gasteiger partial charge in [0.25, 0.3) is 0 Å². The third kappa shape index (κ3) is 3.58. The van der Waals surface area contributed by atoms with E-state index < -0.39 is 0 Å². The maximum Gasteiger partial charge on any atom is 0.00983 e. The monoisotopic (exact) mass is 245 g/mol. The second kappa shape index (κ2) is 6.38. The van der Waals surface area contributed by atoms with Gasteiger partial charge >= 0.3 is 0 Å². The van der Waals surface area contributed by atoms with E-state index in [9.17, 15) is 0 Å². The molecule has 1 aliphatic carbocycles. The first kappa shape index (κ1) is 13.6. The summed E-state index contributed by atoms with van der Waals surface area (Å²) >= 11 is 0. The minimum Gasteiger partial charge on any atom is -0.314 e. The summed E-state index contributed by atoms with van der Waals surface area (Å²) in [7, 11) is 0. The van der Waals surface area contributed by atoms with Crippen LogP contribution in [0.1, 0.15) is 49.3 Å². The standard InChI is InChI=1S/C17H27N/c1-4-18-17-8-6-5-7-16(17)12-15-10-13(2)9-14(3)11-15/h9-11,16-18H,4-8,12H2,1-3H3. The average Bonchev–Trinajstić information content (AvgIpc) is 2.30. The highest BCUT2D eigenvalue weighted by atomic mass is 14.9. The Labute approximate surface area is 112 Å². The van der Waals surface area contributed by atoms with Gasteiger partial charge in [0, 0.05) is 6.04 Å². The second-order valence-corrected chi connectivity index (χ2v) is 5.91. The van der Waals surface area contributed by atoms with Crippen molar-refractivity contribution >= 4 is 0 Å². The molecule has 2 atom stereocenters. The summed E-state index contributed by atoms with van der Waals surface area (Å²) in [6, 6.07) is 7.74. The van der Waals surface area contributed by atoms with Gasteiger partial charge in [-0.2, -0.15) is 0 Å². The molecule has 2 unspecified atom stereocenters. The molecular weight excluding hydrogens is 218 g/mol. The molecule has 1 heteroatoms. The summed E-state index contributed by atoms with van der Waals surface area (Å²) in [5.74, 6) is 0.833. The third-order valence-corrected chi connectivity index (χ3v) is 4.15. The smallest absolute Gasteiger partial charge is 0.00983 e. The molecule has 1 aromatic rings. The van der Waals surface area contributed by atoms with Crippen LogP contribution in [0.4, 0.5) is 0 Å². The SMILES string of the molecule is CCNC1CCCCC1Cc1cc(C)cc(C)c1. The van der Waals surface area contributed by atoms with Crippen molar-refractivity contribution in [2.75, 3.05) is 6.54 Å². The van der Waals surface area contributed by atoms with E-state index in [0.29, 0.717) is 0 Å². The first-order valence-corrected chi connectivity index (χ1v) is 7.49. The Morgan fingerprint density at radius 1 is 1.06 bits per heavy atom. The van der Waals surface area contributed by atoms with Crippen LogP contribution in [0.5, 0.6) is 0 Å². The molecule has 100 valence electrons. The van der Waals surface area contributed by atoms with E-state index in [0.717, 1.165) is 18.5 Å². The maximum atomic E-state index is 3.68.